The first-order chi connectivity index (χ1) is 8.81. The van der Waals surface area contributed by atoms with Gasteiger partial charge < -0.3 is 0 Å². The van der Waals surface area contributed by atoms with Gasteiger partial charge >= 0.3 is 0 Å². The molecule has 2 aromatic heterocycles. The van der Waals surface area contributed by atoms with Crippen molar-refractivity contribution in [1.82, 2.24) is 9.97 Å². The number of hydrogen-bond donors (Lipinski definition) is 0. The fourth-order valence-electron chi connectivity index (χ4n) is 3.40. The minimum absolute atomic E-state index is 0.751. The van der Waals surface area contributed by atoms with Crippen molar-refractivity contribution >= 4 is 11.3 Å². The van der Waals surface area contributed by atoms with E-state index in [-0.39, 0.29) is 0 Å². The molecular formula is C15H16N2S. The summed E-state index contributed by atoms with van der Waals surface area (Å²) in [5, 5.41) is 1.18. The minimum Gasteiger partial charge on any atom is -0.264 e. The molecule has 92 valence electrons. The predicted octanol–water partition coefficient (Wildman–Crippen LogP) is 3.95. The number of rotatable bonds is 1. The van der Waals surface area contributed by atoms with Gasteiger partial charge in [0, 0.05) is 28.8 Å². The van der Waals surface area contributed by atoms with E-state index in [1.165, 1.54) is 47.5 Å². The normalized spacial score (nSPS) is 25.2. The van der Waals surface area contributed by atoms with Crippen molar-refractivity contribution in [2.45, 2.75) is 38.5 Å². The Morgan fingerprint density at radius 3 is 3.17 bits per heavy atom. The molecule has 0 saturated heterocycles. The summed E-state index contributed by atoms with van der Waals surface area (Å²) < 4.78 is 0. The van der Waals surface area contributed by atoms with Gasteiger partial charge in [-0.3, -0.25) is 4.98 Å². The van der Waals surface area contributed by atoms with E-state index in [4.69, 9.17) is 4.98 Å². The zero-order chi connectivity index (χ0) is 12.1. The van der Waals surface area contributed by atoms with Gasteiger partial charge in [0.15, 0.2) is 0 Å². The smallest absolute Gasteiger partial charge is 0.125 e. The first-order valence-corrected chi connectivity index (χ1v) is 7.53. The first kappa shape index (κ1) is 10.7. The Labute approximate surface area is 111 Å². The molecule has 1 fully saturated rings. The lowest BCUT2D eigenvalue weighted by Gasteiger charge is -2.16. The minimum atomic E-state index is 0.751. The highest BCUT2D eigenvalue weighted by Crippen LogP contribution is 2.48. The van der Waals surface area contributed by atoms with E-state index in [9.17, 15) is 0 Å². The molecule has 0 aromatic carbocycles. The predicted molar refractivity (Wildman–Crippen MR) is 73.9 cm³/mol. The second kappa shape index (κ2) is 3.89. The molecule has 2 nitrogen and oxygen atoms in total. The van der Waals surface area contributed by atoms with E-state index in [2.05, 4.69) is 18.0 Å². The van der Waals surface area contributed by atoms with Crippen molar-refractivity contribution in [2.75, 3.05) is 0 Å². The highest BCUT2D eigenvalue weighted by Gasteiger charge is 2.35. The molecule has 0 spiro atoms. The summed E-state index contributed by atoms with van der Waals surface area (Å²) in [4.78, 5) is 10.7. The molecule has 0 amide bonds. The molecule has 2 atom stereocenters. The Kier molecular flexibility index (Phi) is 2.31. The number of aryl methyl sites for hydroxylation is 1. The van der Waals surface area contributed by atoms with E-state index in [1.54, 1.807) is 4.88 Å². The fraction of sp³-hybridized carbons (Fsp3) is 0.467. The number of nitrogens with zero attached hydrogens (tertiary/aromatic N) is 2. The van der Waals surface area contributed by atoms with E-state index in [0.29, 0.717) is 0 Å². The fourth-order valence-corrected chi connectivity index (χ4v) is 4.74. The number of fused-ring (bicyclic) bond motifs is 4. The summed E-state index contributed by atoms with van der Waals surface area (Å²) in [7, 11) is 0. The monoisotopic (exact) mass is 256 g/mol. The number of pyridine rings is 1. The van der Waals surface area contributed by atoms with Crippen molar-refractivity contribution in [2.24, 2.45) is 5.92 Å². The average molecular weight is 256 g/mol. The molecule has 2 unspecified atom stereocenters. The van der Waals surface area contributed by atoms with Crippen molar-refractivity contribution < 1.29 is 0 Å². The Bertz CT molecular complexity index is 602. The SMILES string of the molecule is Cc1ccncc1-c1nc2c(s1)CC1CCC2C1. The van der Waals surface area contributed by atoms with Gasteiger partial charge in [-0.15, -0.1) is 11.3 Å². The van der Waals surface area contributed by atoms with E-state index in [0.717, 1.165) is 11.8 Å². The Morgan fingerprint density at radius 2 is 2.28 bits per heavy atom. The van der Waals surface area contributed by atoms with Gasteiger partial charge in [-0.1, -0.05) is 0 Å². The average Bonchev–Trinajstić information content (AvgIpc) is 2.96. The van der Waals surface area contributed by atoms with Crippen LogP contribution in [-0.2, 0) is 6.42 Å². The number of aromatic nitrogens is 2. The third-order valence-corrected chi connectivity index (χ3v) is 5.53. The standard InChI is InChI=1S/C15H16N2S/c1-9-4-5-16-8-12(9)15-17-14-11-3-2-10(6-11)7-13(14)18-15/h4-5,8,10-11H,2-3,6-7H2,1H3. The van der Waals surface area contributed by atoms with Gasteiger partial charge in [-0.25, -0.2) is 4.98 Å². The molecule has 2 heterocycles. The van der Waals surface area contributed by atoms with Crippen LogP contribution in [0.15, 0.2) is 18.5 Å². The van der Waals surface area contributed by atoms with Crippen LogP contribution >= 0.6 is 11.3 Å². The summed E-state index contributed by atoms with van der Waals surface area (Å²) in [5.74, 6) is 1.69. The summed E-state index contributed by atoms with van der Waals surface area (Å²) in [6.07, 6.45) is 9.22. The van der Waals surface area contributed by atoms with Gasteiger partial charge in [-0.2, -0.15) is 0 Å². The van der Waals surface area contributed by atoms with Gasteiger partial charge in [0.25, 0.3) is 0 Å². The topological polar surface area (TPSA) is 25.8 Å². The maximum atomic E-state index is 4.94. The largest absolute Gasteiger partial charge is 0.264 e. The van der Waals surface area contributed by atoms with Gasteiger partial charge in [-0.05, 0) is 50.2 Å². The zero-order valence-corrected chi connectivity index (χ0v) is 11.3. The molecule has 0 radical (unpaired) electrons. The molecule has 18 heavy (non-hydrogen) atoms. The number of hydrogen-bond acceptors (Lipinski definition) is 3. The van der Waals surface area contributed by atoms with Gasteiger partial charge in [0.1, 0.15) is 5.01 Å². The summed E-state index contributed by atoms with van der Waals surface area (Å²) >= 11 is 1.90. The van der Waals surface area contributed by atoms with Crippen molar-refractivity contribution in [3.8, 4) is 10.6 Å². The number of thiazole rings is 1. The Hall–Kier alpha value is -1.22. The van der Waals surface area contributed by atoms with Crippen LogP contribution in [0.25, 0.3) is 10.6 Å². The van der Waals surface area contributed by atoms with Crippen LogP contribution < -0.4 is 0 Å². The van der Waals surface area contributed by atoms with Crippen LogP contribution in [0.3, 0.4) is 0 Å². The van der Waals surface area contributed by atoms with Gasteiger partial charge in [0.2, 0.25) is 0 Å². The third kappa shape index (κ3) is 1.53. The van der Waals surface area contributed by atoms with E-state index >= 15 is 0 Å². The molecule has 0 aliphatic heterocycles. The van der Waals surface area contributed by atoms with Crippen LogP contribution in [0.5, 0.6) is 0 Å². The zero-order valence-electron chi connectivity index (χ0n) is 10.5. The first-order valence-electron chi connectivity index (χ1n) is 6.72. The molecule has 1 saturated carbocycles. The highest BCUT2D eigenvalue weighted by atomic mass is 32.1. The maximum absolute atomic E-state index is 4.94. The van der Waals surface area contributed by atoms with Crippen molar-refractivity contribution in [1.29, 1.82) is 0 Å². The second-order valence-electron chi connectivity index (χ2n) is 5.60. The molecule has 2 aromatic rings. The summed E-state index contributed by atoms with van der Waals surface area (Å²) in [6.45, 7) is 2.14. The lowest BCUT2D eigenvalue weighted by atomic mass is 9.91. The third-order valence-electron chi connectivity index (χ3n) is 4.40. The summed E-state index contributed by atoms with van der Waals surface area (Å²) in [6, 6.07) is 2.07. The van der Waals surface area contributed by atoms with E-state index < -0.39 is 0 Å². The van der Waals surface area contributed by atoms with Crippen LogP contribution in [0.2, 0.25) is 0 Å². The summed E-state index contributed by atoms with van der Waals surface area (Å²) in [5.41, 5.74) is 3.90. The molecule has 2 aliphatic rings. The molecule has 4 rings (SSSR count). The van der Waals surface area contributed by atoms with Crippen LogP contribution in [-0.4, -0.2) is 9.97 Å². The Morgan fingerprint density at radius 1 is 1.33 bits per heavy atom. The molecular weight excluding hydrogens is 240 g/mol. The molecule has 2 aliphatic carbocycles. The highest BCUT2D eigenvalue weighted by molar-refractivity contribution is 7.15. The second-order valence-corrected chi connectivity index (χ2v) is 6.68. The Balaban J connectivity index is 1.81. The van der Waals surface area contributed by atoms with Crippen molar-refractivity contribution in [3.05, 3.63) is 34.6 Å². The lowest BCUT2D eigenvalue weighted by Crippen LogP contribution is -2.08. The van der Waals surface area contributed by atoms with Crippen LogP contribution in [0.4, 0.5) is 0 Å². The van der Waals surface area contributed by atoms with Crippen LogP contribution in [0, 0.1) is 12.8 Å². The van der Waals surface area contributed by atoms with Crippen LogP contribution in [0.1, 0.15) is 41.3 Å². The maximum Gasteiger partial charge on any atom is 0.125 e. The molecule has 0 N–H and O–H groups in total. The van der Waals surface area contributed by atoms with E-state index in [1.807, 2.05) is 23.7 Å². The molecule has 3 heteroatoms. The quantitative estimate of drug-likeness (QED) is 0.772. The molecule has 2 bridgehead atoms. The lowest BCUT2D eigenvalue weighted by molar-refractivity contribution is 0.511. The van der Waals surface area contributed by atoms with Gasteiger partial charge in [0.05, 0.1) is 5.69 Å². The van der Waals surface area contributed by atoms with Crippen molar-refractivity contribution in [3.63, 3.8) is 0 Å².